The predicted octanol–water partition coefficient (Wildman–Crippen LogP) is 4.92. The van der Waals surface area contributed by atoms with Crippen molar-refractivity contribution in [2.45, 2.75) is 26.2 Å². The summed E-state index contributed by atoms with van der Waals surface area (Å²) in [7, 11) is 0. The van der Waals surface area contributed by atoms with Crippen molar-refractivity contribution in [1.82, 2.24) is 14.6 Å². The summed E-state index contributed by atoms with van der Waals surface area (Å²) in [5.74, 6) is 0.422. The van der Waals surface area contributed by atoms with Gasteiger partial charge in [0.1, 0.15) is 10.8 Å². The first-order chi connectivity index (χ1) is 15.1. The molecule has 1 atom stereocenters. The predicted molar refractivity (Wildman–Crippen MR) is 127 cm³/mol. The van der Waals surface area contributed by atoms with Gasteiger partial charge in [-0.1, -0.05) is 66.8 Å². The highest BCUT2D eigenvalue weighted by molar-refractivity contribution is 7.16. The Kier molecular flexibility index (Phi) is 4.75. The third-order valence-electron chi connectivity index (χ3n) is 5.58. The summed E-state index contributed by atoms with van der Waals surface area (Å²) in [4.78, 5) is 22.3. The van der Waals surface area contributed by atoms with Gasteiger partial charge in [-0.25, -0.2) is 0 Å². The second-order valence-corrected chi connectivity index (χ2v) is 8.48. The Morgan fingerprint density at radius 3 is 2.65 bits per heavy atom. The SMILES string of the molecule is CCC(c1ccccc1)c1nn2c(N)c(C=C3C(C)=Nc4ccccc43)c(=O)nc2s1. The van der Waals surface area contributed by atoms with E-state index in [9.17, 15) is 4.79 Å². The third kappa shape index (κ3) is 3.27. The summed E-state index contributed by atoms with van der Waals surface area (Å²) >= 11 is 1.41. The summed E-state index contributed by atoms with van der Waals surface area (Å²) < 4.78 is 1.59. The van der Waals surface area contributed by atoms with Gasteiger partial charge in [0, 0.05) is 22.8 Å². The van der Waals surface area contributed by atoms with Gasteiger partial charge in [0.05, 0.1) is 11.3 Å². The van der Waals surface area contributed by atoms with E-state index in [1.807, 2.05) is 49.4 Å². The van der Waals surface area contributed by atoms with Gasteiger partial charge in [0.15, 0.2) is 0 Å². The van der Waals surface area contributed by atoms with Crippen molar-refractivity contribution in [1.29, 1.82) is 0 Å². The van der Waals surface area contributed by atoms with Crippen LogP contribution in [-0.2, 0) is 0 Å². The van der Waals surface area contributed by atoms with Gasteiger partial charge in [0.25, 0.3) is 5.56 Å². The van der Waals surface area contributed by atoms with Crippen LogP contribution in [-0.4, -0.2) is 20.3 Å². The van der Waals surface area contributed by atoms with Crippen molar-refractivity contribution in [2.75, 3.05) is 5.73 Å². The molecule has 0 radical (unpaired) electrons. The van der Waals surface area contributed by atoms with Gasteiger partial charge in [-0.3, -0.25) is 9.79 Å². The zero-order valence-electron chi connectivity index (χ0n) is 17.2. The number of aliphatic imine (C=N–C) groups is 1. The lowest BCUT2D eigenvalue weighted by Crippen LogP contribution is -2.17. The van der Waals surface area contributed by atoms with Crippen LogP contribution < -0.4 is 11.3 Å². The highest BCUT2D eigenvalue weighted by atomic mass is 32.1. The Morgan fingerprint density at radius 1 is 1.13 bits per heavy atom. The fourth-order valence-electron chi connectivity index (χ4n) is 3.97. The number of para-hydroxylation sites is 1. The largest absolute Gasteiger partial charge is 0.383 e. The Hall–Kier alpha value is -3.58. The number of nitrogens with zero attached hydrogens (tertiary/aromatic N) is 4. The van der Waals surface area contributed by atoms with E-state index in [4.69, 9.17) is 10.8 Å². The molecule has 0 fully saturated rings. The molecular formula is C24H21N5OS. The third-order valence-corrected chi connectivity index (χ3v) is 6.60. The summed E-state index contributed by atoms with van der Waals surface area (Å²) in [5, 5.41) is 5.64. The van der Waals surface area contributed by atoms with E-state index in [1.165, 1.54) is 16.9 Å². The van der Waals surface area contributed by atoms with Crippen LogP contribution in [0.5, 0.6) is 0 Å². The summed E-state index contributed by atoms with van der Waals surface area (Å²) in [6, 6.07) is 18.1. The van der Waals surface area contributed by atoms with E-state index < -0.39 is 0 Å². The minimum Gasteiger partial charge on any atom is -0.383 e. The average molecular weight is 428 g/mol. The van der Waals surface area contributed by atoms with Crippen LogP contribution in [0.25, 0.3) is 16.6 Å². The molecule has 3 heterocycles. The topological polar surface area (TPSA) is 85.6 Å². The minimum absolute atomic E-state index is 0.125. The highest BCUT2D eigenvalue weighted by Gasteiger charge is 2.22. The smallest absolute Gasteiger partial charge is 0.283 e. The summed E-state index contributed by atoms with van der Waals surface area (Å²) in [5.41, 5.74) is 11.2. The number of rotatable bonds is 4. The Morgan fingerprint density at radius 2 is 1.87 bits per heavy atom. The molecule has 0 amide bonds. The van der Waals surface area contributed by atoms with Crippen molar-refractivity contribution in [3.8, 4) is 0 Å². The van der Waals surface area contributed by atoms with Gasteiger partial charge in [-0.2, -0.15) is 14.6 Å². The number of nitrogen functional groups attached to an aromatic ring is 1. The maximum atomic E-state index is 12.9. The number of hydrogen-bond acceptors (Lipinski definition) is 6. The van der Waals surface area contributed by atoms with Gasteiger partial charge in [-0.05, 0) is 31.1 Å². The molecule has 2 aromatic carbocycles. The molecule has 6 nitrogen and oxygen atoms in total. The zero-order chi connectivity index (χ0) is 21.5. The van der Waals surface area contributed by atoms with Crippen LogP contribution in [0.2, 0.25) is 0 Å². The molecule has 0 bridgehead atoms. The zero-order valence-corrected chi connectivity index (χ0v) is 18.1. The Labute approximate surface area is 183 Å². The lowest BCUT2D eigenvalue weighted by Gasteiger charge is -2.11. The van der Waals surface area contributed by atoms with E-state index in [-0.39, 0.29) is 11.5 Å². The van der Waals surface area contributed by atoms with E-state index in [1.54, 1.807) is 10.6 Å². The molecule has 0 aliphatic carbocycles. The average Bonchev–Trinajstić information content (AvgIpc) is 3.33. The van der Waals surface area contributed by atoms with Crippen LogP contribution in [0, 0.1) is 0 Å². The van der Waals surface area contributed by atoms with Crippen molar-refractivity contribution < 1.29 is 0 Å². The van der Waals surface area contributed by atoms with Crippen molar-refractivity contribution in [2.24, 2.45) is 4.99 Å². The van der Waals surface area contributed by atoms with E-state index >= 15 is 0 Å². The first-order valence-electron chi connectivity index (χ1n) is 10.2. The number of aromatic nitrogens is 3. The van der Waals surface area contributed by atoms with Gasteiger partial charge in [0.2, 0.25) is 4.96 Å². The maximum Gasteiger partial charge on any atom is 0.283 e. The number of nitrogens with two attached hydrogens (primary N) is 1. The molecule has 0 saturated carbocycles. The molecule has 2 aromatic heterocycles. The molecule has 4 aromatic rings. The molecule has 0 saturated heterocycles. The maximum absolute atomic E-state index is 12.9. The van der Waals surface area contributed by atoms with Crippen LogP contribution in [0.3, 0.4) is 0 Å². The molecule has 5 rings (SSSR count). The monoisotopic (exact) mass is 427 g/mol. The van der Waals surface area contributed by atoms with Crippen molar-refractivity contribution in [3.63, 3.8) is 0 Å². The van der Waals surface area contributed by atoms with E-state index in [2.05, 4.69) is 29.0 Å². The molecule has 31 heavy (non-hydrogen) atoms. The first-order valence-corrected chi connectivity index (χ1v) is 11.0. The molecule has 7 heteroatoms. The number of benzene rings is 2. The lowest BCUT2D eigenvalue weighted by molar-refractivity contribution is 0.742. The Balaban J connectivity index is 1.64. The van der Waals surface area contributed by atoms with Crippen LogP contribution >= 0.6 is 11.3 Å². The fraction of sp³-hybridized carbons (Fsp3) is 0.167. The molecule has 1 aliphatic rings. The molecule has 1 aliphatic heterocycles. The van der Waals surface area contributed by atoms with Crippen molar-refractivity contribution >= 4 is 45.2 Å². The lowest BCUT2D eigenvalue weighted by atomic mass is 9.97. The van der Waals surface area contributed by atoms with Gasteiger partial charge in [-0.15, -0.1) is 0 Å². The molecular weight excluding hydrogens is 406 g/mol. The molecule has 2 N–H and O–H groups in total. The standard InChI is InChI=1S/C24H21N5OS/c1-3-16(15-9-5-4-6-10-15)23-28-29-21(25)19(22(30)27-24(29)31-23)13-18-14(2)26-20-12-8-7-11-17(18)20/h4-13,16H,3,25H2,1-2H3. The normalized spacial score (nSPS) is 15.3. The second-order valence-electron chi connectivity index (χ2n) is 7.49. The fourth-order valence-corrected chi connectivity index (χ4v) is 5.08. The van der Waals surface area contributed by atoms with E-state index in [0.717, 1.165) is 34.0 Å². The quantitative estimate of drug-likeness (QED) is 0.501. The summed E-state index contributed by atoms with van der Waals surface area (Å²) in [6.45, 7) is 4.05. The molecule has 0 spiro atoms. The molecule has 1 unspecified atom stereocenters. The van der Waals surface area contributed by atoms with Crippen LogP contribution in [0.4, 0.5) is 11.5 Å². The van der Waals surface area contributed by atoms with Crippen LogP contribution in [0.15, 0.2) is 64.4 Å². The second kappa shape index (κ2) is 7.59. The number of hydrogen-bond donors (Lipinski definition) is 1. The van der Waals surface area contributed by atoms with Gasteiger partial charge >= 0.3 is 0 Å². The van der Waals surface area contributed by atoms with Crippen molar-refractivity contribution in [3.05, 3.63) is 86.6 Å². The van der Waals surface area contributed by atoms with Gasteiger partial charge < -0.3 is 5.73 Å². The molecule has 154 valence electrons. The summed E-state index contributed by atoms with van der Waals surface area (Å²) in [6.07, 6.45) is 2.67. The Bertz CT molecular complexity index is 1420. The van der Waals surface area contributed by atoms with Crippen LogP contribution in [0.1, 0.15) is 47.9 Å². The number of anilines is 1. The number of fused-ring (bicyclic) bond motifs is 2. The minimum atomic E-state index is -0.356. The van der Waals surface area contributed by atoms with E-state index in [0.29, 0.717) is 16.3 Å². The highest BCUT2D eigenvalue weighted by Crippen LogP contribution is 2.36. The number of allylic oxidation sites excluding steroid dienone is 1. The first kappa shape index (κ1) is 19.4.